The molecule has 82 valence electrons. The number of unbranched alkanes of at least 4 members (excludes halogenated alkanes) is 1. The number of nitrogens with one attached hydrogen (secondary N) is 1. The number of hydrogen-bond donors (Lipinski definition) is 2. The summed E-state index contributed by atoms with van der Waals surface area (Å²) in [7, 11) is 0. The summed E-state index contributed by atoms with van der Waals surface area (Å²) in [5.41, 5.74) is 5.36. The minimum absolute atomic E-state index is 0.0679. The highest BCUT2D eigenvalue weighted by molar-refractivity contribution is 7.98. The number of carbonyl (C=O) groups excluding carboxylic acids is 1. The van der Waals surface area contributed by atoms with Gasteiger partial charge in [-0.15, -0.1) is 0 Å². The van der Waals surface area contributed by atoms with Crippen LogP contribution in [-0.2, 0) is 4.79 Å². The molecule has 0 aromatic rings. The molecule has 0 bridgehead atoms. The van der Waals surface area contributed by atoms with Crippen molar-refractivity contribution in [2.45, 2.75) is 19.8 Å². The zero-order chi connectivity index (χ0) is 11.0. The van der Waals surface area contributed by atoms with Gasteiger partial charge in [0.2, 0.25) is 5.91 Å². The number of thiocarbonyl (C=S) groups is 1. The van der Waals surface area contributed by atoms with Crippen LogP contribution in [0.25, 0.3) is 0 Å². The number of amides is 1. The zero-order valence-corrected chi connectivity index (χ0v) is 10.3. The van der Waals surface area contributed by atoms with Gasteiger partial charge in [0, 0.05) is 6.54 Å². The van der Waals surface area contributed by atoms with Gasteiger partial charge in [0.05, 0.1) is 10.9 Å². The maximum Gasteiger partial charge on any atom is 0.229 e. The van der Waals surface area contributed by atoms with Crippen molar-refractivity contribution in [2.75, 3.05) is 18.6 Å². The largest absolute Gasteiger partial charge is 0.393 e. The molecule has 0 rings (SSSR count). The Morgan fingerprint density at radius 1 is 1.57 bits per heavy atom. The maximum atomic E-state index is 11.3. The number of hydrogen-bond acceptors (Lipinski definition) is 3. The van der Waals surface area contributed by atoms with E-state index in [9.17, 15) is 4.79 Å². The van der Waals surface area contributed by atoms with Crippen molar-refractivity contribution in [3.05, 3.63) is 0 Å². The van der Waals surface area contributed by atoms with Gasteiger partial charge in [0.1, 0.15) is 0 Å². The summed E-state index contributed by atoms with van der Waals surface area (Å²) in [6, 6.07) is 0. The van der Waals surface area contributed by atoms with Crippen molar-refractivity contribution in [2.24, 2.45) is 11.7 Å². The van der Waals surface area contributed by atoms with E-state index in [0.29, 0.717) is 6.54 Å². The van der Waals surface area contributed by atoms with Crippen LogP contribution < -0.4 is 11.1 Å². The van der Waals surface area contributed by atoms with E-state index in [4.69, 9.17) is 18.0 Å². The van der Waals surface area contributed by atoms with Gasteiger partial charge in [-0.1, -0.05) is 12.2 Å². The third-order valence-electron chi connectivity index (χ3n) is 1.89. The average Bonchev–Trinajstić information content (AvgIpc) is 2.16. The maximum absolute atomic E-state index is 11.3. The molecule has 0 aliphatic heterocycles. The van der Waals surface area contributed by atoms with Crippen molar-refractivity contribution >= 4 is 34.9 Å². The summed E-state index contributed by atoms with van der Waals surface area (Å²) >= 11 is 6.55. The molecule has 0 spiro atoms. The topological polar surface area (TPSA) is 55.1 Å². The van der Waals surface area contributed by atoms with E-state index in [1.54, 1.807) is 6.92 Å². The van der Waals surface area contributed by atoms with Crippen LogP contribution in [0.4, 0.5) is 0 Å². The van der Waals surface area contributed by atoms with E-state index in [-0.39, 0.29) is 16.8 Å². The molecular formula is C9H18N2OS2. The van der Waals surface area contributed by atoms with Crippen molar-refractivity contribution in [1.82, 2.24) is 5.32 Å². The second kappa shape index (κ2) is 8.05. The van der Waals surface area contributed by atoms with Gasteiger partial charge in [-0.3, -0.25) is 4.79 Å². The first kappa shape index (κ1) is 13.7. The minimum Gasteiger partial charge on any atom is -0.393 e. The van der Waals surface area contributed by atoms with Crippen LogP contribution in [0.3, 0.4) is 0 Å². The molecule has 5 heteroatoms. The van der Waals surface area contributed by atoms with Crippen LogP contribution in [-0.4, -0.2) is 29.4 Å². The monoisotopic (exact) mass is 234 g/mol. The molecule has 1 unspecified atom stereocenters. The van der Waals surface area contributed by atoms with E-state index in [1.807, 2.05) is 11.8 Å². The Hall–Kier alpha value is -0.290. The molecule has 0 fully saturated rings. The smallest absolute Gasteiger partial charge is 0.229 e. The molecule has 0 aliphatic carbocycles. The highest BCUT2D eigenvalue weighted by Gasteiger charge is 2.13. The van der Waals surface area contributed by atoms with E-state index in [0.717, 1.165) is 18.6 Å². The molecule has 0 heterocycles. The van der Waals surface area contributed by atoms with Crippen LogP contribution in [0.2, 0.25) is 0 Å². The molecule has 0 radical (unpaired) electrons. The van der Waals surface area contributed by atoms with Crippen LogP contribution in [0.1, 0.15) is 19.8 Å². The first-order chi connectivity index (χ1) is 6.59. The SMILES string of the molecule is CSCCCCNC(=O)C(C)C(N)=S. The Balaban J connectivity index is 3.49. The summed E-state index contributed by atoms with van der Waals surface area (Å²) in [4.78, 5) is 11.6. The predicted octanol–water partition coefficient (Wildman–Crippen LogP) is 1.17. The fraction of sp³-hybridized carbons (Fsp3) is 0.778. The lowest BCUT2D eigenvalue weighted by Crippen LogP contribution is -2.36. The first-order valence-corrected chi connectivity index (χ1v) is 6.45. The van der Waals surface area contributed by atoms with E-state index in [2.05, 4.69) is 11.6 Å². The second-order valence-corrected chi connectivity index (χ2v) is 4.57. The lowest BCUT2D eigenvalue weighted by atomic mass is 10.1. The molecule has 3 N–H and O–H groups in total. The Kier molecular flexibility index (Phi) is 7.89. The van der Waals surface area contributed by atoms with Gasteiger partial charge in [-0.2, -0.15) is 11.8 Å². The minimum atomic E-state index is -0.356. The summed E-state index contributed by atoms with van der Waals surface area (Å²) in [5.74, 6) is 0.716. The van der Waals surface area contributed by atoms with Gasteiger partial charge in [-0.25, -0.2) is 0 Å². The fourth-order valence-corrected chi connectivity index (χ4v) is 1.47. The van der Waals surface area contributed by atoms with Crippen molar-refractivity contribution in [3.8, 4) is 0 Å². The highest BCUT2D eigenvalue weighted by atomic mass is 32.2. The number of carbonyl (C=O) groups is 1. The summed E-state index contributed by atoms with van der Waals surface area (Å²) in [6.07, 6.45) is 4.22. The van der Waals surface area contributed by atoms with Crippen LogP contribution in [0.5, 0.6) is 0 Å². The standard InChI is InChI=1S/C9H18N2OS2/c1-7(8(10)13)9(12)11-5-3-4-6-14-2/h7H,3-6H2,1-2H3,(H2,10,13)(H,11,12). The van der Waals surface area contributed by atoms with Crippen LogP contribution in [0, 0.1) is 5.92 Å². The summed E-state index contributed by atoms with van der Waals surface area (Å²) in [6.45, 7) is 2.44. The average molecular weight is 234 g/mol. The van der Waals surface area contributed by atoms with Crippen LogP contribution >= 0.6 is 24.0 Å². The van der Waals surface area contributed by atoms with E-state index >= 15 is 0 Å². The van der Waals surface area contributed by atoms with Gasteiger partial charge in [-0.05, 0) is 31.8 Å². The van der Waals surface area contributed by atoms with E-state index < -0.39 is 0 Å². The molecule has 0 aromatic carbocycles. The van der Waals surface area contributed by atoms with Gasteiger partial charge >= 0.3 is 0 Å². The fourth-order valence-electron chi connectivity index (χ4n) is 0.865. The third kappa shape index (κ3) is 6.21. The normalized spacial score (nSPS) is 12.1. The number of nitrogens with two attached hydrogens (primary N) is 1. The molecule has 1 amide bonds. The molecule has 0 saturated heterocycles. The first-order valence-electron chi connectivity index (χ1n) is 4.65. The lowest BCUT2D eigenvalue weighted by molar-refractivity contribution is -0.122. The van der Waals surface area contributed by atoms with Crippen molar-refractivity contribution < 1.29 is 4.79 Å². The number of rotatable bonds is 7. The Morgan fingerprint density at radius 3 is 2.71 bits per heavy atom. The van der Waals surface area contributed by atoms with Crippen molar-refractivity contribution in [3.63, 3.8) is 0 Å². The Morgan fingerprint density at radius 2 is 2.21 bits per heavy atom. The molecule has 0 aromatic heterocycles. The van der Waals surface area contributed by atoms with Crippen molar-refractivity contribution in [1.29, 1.82) is 0 Å². The molecule has 0 aliphatic rings. The third-order valence-corrected chi connectivity index (χ3v) is 2.95. The van der Waals surface area contributed by atoms with Gasteiger partial charge in [0.25, 0.3) is 0 Å². The Bertz CT molecular complexity index is 197. The number of thioether (sulfide) groups is 1. The van der Waals surface area contributed by atoms with E-state index in [1.165, 1.54) is 0 Å². The molecule has 1 atom stereocenters. The predicted molar refractivity (Wildman–Crippen MR) is 66.6 cm³/mol. The van der Waals surface area contributed by atoms with Crippen LogP contribution in [0.15, 0.2) is 0 Å². The summed E-state index contributed by atoms with van der Waals surface area (Å²) < 4.78 is 0. The lowest BCUT2D eigenvalue weighted by Gasteiger charge is -2.09. The van der Waals surface area contributed by atoms with Gasteiger partial charge < -0.3 is 11.1 Å². The Labute approximate surface area is 95.2 Å². The molecule has 0 saturated carbocycles. The highest BCUT2D eigenvalue weighted by Crippen LogP contribution is 1.99. The zero-order valence-electron chi connectivity index (χ0n) is 8.71. The molecule has 14 heavy (non-hydrogen) atoms. The quantitative estimate of drug-likeness (QED) is 0.513. The summed E-state index contributed by atoms with van der Waals surface area (Å²) in [5, 5.41) is 2.81. The second-order valence-electron chi connectivity index (χ2n) is 3.11. The van der Waals surface area contributed by atoms with Gasteiger partial charge in [0.15, 0.2) is 0 Å². The molecule has 3 nitrogen and oxygen atoms in total. The molecular weight excluding hydrogens is 216 g/mol.